The lowest BCUT2D eigenvalue weighted by Crippen LogP contribution is -2.40. The number of hydrogen-bond donors (Lipinski definition) is 1. The van der Waals surface area contributed by atoms with E-state index in [1.54, 1.807) is 25.5 Å². The molecule has 8 nitrogen and oxygen atoms in total. The van der Waals surface area contributed by atoms with Crippen LogP contribution in [-0.4, -0.2) is 50.6 Å². The molecule has 0 atom stereocenters. The van der Waals surface area contributed by atoms with Crippen LogP contribution in [-0.2, 0) is 24.2 Å². The molecule has 8 heteroatoms. The maximum atomic E-state index is 12.3. The van der Waals surface area contributed by atoms with E-state index in [1.165, 1.54) is 4.90 Å². The molecule has 2 heterocycles. The molecular weight excluding hydrogens is 362 g/mol. The van der Waals surface area contributed by atoms with Crippen LogP contribution in [0.5, 0.6) is 5.75 Å². The average Bonchev–Trinajstić information content (AvgIpc) is 2.99. The van der Waals surface area contributed by atoms with Gasteiger partial charge in [-0.05, 0) is 32.9 Å². The van der Waals surface area contributed by atoms with Crippen molar-refractivity contribution in [3.8, 4) is 5.75 Å². The van der Waals surface area contributed by atoms with Gasteiger partial charge in [0.25, 0.3) is 0 Å². The SMILES string of the molecule is CC(C)(C)OC(=O)N1CCc2c(c(C(=O)O)nn2CCOc2ccccc2)C1. The minimum atomic E-state index is -1.11. The van der Waals surface area contributed by atoms with Crippen LogP contribution in [0.15, 0.2) is 30.3 Å². The van der Waals surface area contributed by atoms with Gasteiger partial charge in [0.1, 0.15) is 18.0 Å². The Morgan fingerprint density at radius 2 is 1.93 bits per heavy atom. The van der Waals surface area contributed by atoms with Gasteiger partial charge in [-0.1, -0.05) is 18.2 Å². The first kappa shape index (κ1) is 19.7. The third kappa shape index (κ3) is 4.62. The highest BCUT2D eigenvalue weighted by Crippen LogP contribution is 2.24. The van der Waals surface area contributed by atoms with Crippen LogP contribution in [0.4, 0.5) is 4.79 Å². The Morgan fingerprint density at radius 1 is 1.21 bits per heavy atom. The summed E-state index contributed by atoms with van der Waals surface area (Å²) in [4.78, 5) is 25.5. The number of amides is 1. The summed E-state index contributed by atoms with van der Waals surface area (Å²) in [5, 5.41) is 13.8. The lowest BCUT2D eigenvalue weighted by Gasteiger charge is -2.30. The van der Waals surface area contributed by atoms with Gasteiger partial charge in [-0.2, -0.15) is 5.10 Å². The molecule has 0 saturated heterocycles. The van der Waals surface area contributed by atoms with Gasteiger partial charge in [-0.25, -0.2) is 9.59 Å². The molecular formula is C20H25N3O5. The normalized spacial score (nSPS) is 13.8. The van der Waals surface area contributed by atoms with Crippen molar-refractivity contribution in [3.63, 3.8) is 0 Å². The van der Waals surface area contributed by atoms with E-state index in [0.29, 0.717) is 31.7 Å². The van der Waals surface area contributed by atoms with Crippen LogP contribution in [0.2, 0.25) is 0 Å². The van der Waals surface area contributed by atoms with Crippen molar-refractivity contribution in [1.29, 1.82) is 0 Å². The van der Waals surface area contributed by atoms with Crippen LogP contribution in [0.25, 0.3) is 0 Å². The van der Waals surface area contributed by atoms with Gasteiger partial charge >= 0.3 is 12.1 Å². The largest absolute Gasteiger partial charge is 0.492 e. The number of carbonyl (C=O) groups is 2. The van der Waals surface area contributed by atoms with Crippen molar-refractivity contribution >= 4 is 12.1 Å². The summed E-state index contributed by atoms with van der Waals surface area (Å²) in [5.74, 6) is -0.358. The maximum Gasteiger partial charge on any atom is 0.410 e. The molecule has 1 aliphatic heterocycles. The number of para-hydroxylation sites is 1. The molecule has 28 heavy (non-hydrogen) atoms. The van der Waals surface area contributed by atoms with Crippen molar-refractivity contribution in [2.24, 2.45) is 0 Å². The smallest absolute Gasteiger partial charge is 0.410 e. The number of carboxylic acids is 1. The predicted octanol–water partition coefficient (Wildman–Crippen LogP) is 2.95. The summed E-state index contributed by atoms with van der Waals surface area (Å²) in [7, 11) is 0. The highest BCUT2D eigenvalue weighted by Gasteiger charge is 2.32. The van der Waals surface area contributed by atoms with E-state index in [2.05, 4.69) is 5.10 Å². The Balaban J connectivity index is 1.73. The third-order valence-electron chi connectivity index (χ3n) is 4.30. The second-order valence-electron chi connectivity index (χ2n) is 7.62. The van der Waals surface area contributed by atoms with Gasteiger partial charge in [-0.3, -0.25) is 4.68 Å². The number of carbonyl (C=O) groups excluding carboxylic acids is 1. The summed E-state index contributed by atoms with van der Waals surface area (Å²) in [6.45, 7) is 6.82. The molecule has 1 aromatic heterocycles. The van der Waals surface area contributed by atoms with Crippen molar-refractivity contribution in [3.05, 3.63) is 47.3 Å². The Morgan fingerprint density at radius 3 is 2.57 bits per heavy atom. The number of nitrogens with zero attached hydrogens (tertiary/aromatic N) is 3. The Bertz CT molecular complexity index is 855. The summed E-state index contributed by atoms with van der Waals surface area (Å²) >= 11 is 0. The number of fused-ring (bicyclic) bond motifs is 1. The van der Waals surface area contributed by atoms with Gasteiger partial charge in [-0.15, -0.1) is 0 Å². The van der Waals surface area contributed by atoms with Crippen LogP contribution in [0.3, 0.4) is 0 Å². The van der Waals surface area contributed by atoms with Gasteiger partial charge in [0.15, 0.2) is 5.69 Å². The second-order valence-corrected chi connectivity index (χ2v) is 7.62. The highest BCUT2D eigenvalue weighted by molar-refractivity contribution is 5.87. The first-order valence-corrected chi connectivity index (χ1v) is 9.22. The van der Waals surface area contributed by atoms with Crippen molar-refractivity contribution in [1.82, 2.24) is 14.7 Å². The summed E-state index contributed by atoms with van der Waals surface area (Å²) in [5.41, 5.74) is 0.757. The first-order valence-electron chi connectivity index (χ1n) is 9.22. The topological polar surface area (TPSA) is 93.9 Å². The minimum Gasteiger partial charge on any atom is -0.492 e. The fraction of sp³-hybridized carbons (Fsp3) is 0.450. The molecule has 0 aliphatic carbocycles. The van der Waals surface area contributed by atoms with E-state index < -0.39 is 17.7 Å². The summed E-state index contributed by atoms with van der Waals surface area (Å²) < 4.78 is 12.8. The highest BCUT2D eigenvalue weighted by atomic mass is 16.6. The number of benzene rings is 1. The predicted molar refractivity (Wildman–Crippen MR) is 101 cm³/mol. The zero-order valence-electron chi connectivity index (χ0n) is 16.3. The Kier molecular flexibility index (Phi) is 5.58. The molecule has 1 aromatic carbocycles. The Labute approximate surface area is 163 Å². The van der Waals surface area contributed by atoms with Gasteiger partial charge in [0.05, 0.1) is 13.1 Å². The van der Waals surface area contributed by atoms with E-state index in [0.717, 1.165) is 11.4 Å². The lowest BCUT2D eigenvalue weighted by molar-refractivity contribution is 0.0220. The van der Waals surface area contributed by atoms with Crippen LogP contribution in [0, 0.1) is 0 Å². The van der Waals surface area contributed by atoms with E-state index in [4.69, 9.17) is 9.47 Å². The lowest BCUT2D eigenvalue weighted by atomic mass is 10.1. The Hall–Kier alpha value is -3.03. The number of carboxylic acid groups (broad SMARTS) is 1. The van der Waals surface area contributed by atoms with Gasteiger partial charge in [0, 0.05) is 24.2 Å². The quantitative estimate of drug-likeness (QED) is 0.848. The van der Waals surface area contributed by atoms with Gasteiger partial charge in [0.2, 0.25) is 0 Å². The molecule has 2 aromatic rings. The van der Waals surface area contributed by atoms with E-state index in [1.807, 2.05) is 30.3 Å². The van der Waals surface area contributed by atoms with E-state index >= 15 is 0 Å². The molecule has 0 bridgehead atoms. The van der Waals surface area contributed by atoms with Crippen LogP contribution >= 0.6 is 0 Å². The molecule has 0 spiro atoms. The number of hydrogen-bond acceptors (Lipinski definition) is 5. The maximum absolute atomic E-state index is 12.3. The molecule has 0 unspecified atom stereocenters. The van der Waals surface area contributed by atoms with Crippen LogP contribution < -0.4 is 4.74 Å². The van der Waals surface area contributed by atoms with E-state index in [9.17, 15) is 14.7 Å². The van der Waals surface area contributed by atoms with Crippen LogP contribution in [0.1, 0.15) is 42.5 Å². The molecule has 3 rings (SSSR count). The van der Waals surface area contributed by atoms with Crippen molar-refractivity contribution in [2.75, 3.05) is 13.2 Å². The number of ether oxygens (including phenoxy) is 2. The fourth-order valence-electron chi connectivity index (χ4n) is 3.10. The molecule has 1 aliphatic rings. The summed E-state index contributed by atoms with van der Waals surface area (Å²) in [6, 6.07) is 9.41. The van der Waals surface area contributed by atoms with E-state index in [-0.39, 0.29) is 12.2 Å². The number of aromatic carboxylic acids is 1. The minimum absolute atomic E-state index is 0.0250. The van der Waals surface area contributed by atoms with Crippen molar-refractivity contribution < 1.29 is 24.2 Å². The molecule has 0 saturated carbocycles. The summed E-state index contributed by atoms with van der Waals surface area (Å²) in [6.07, 6.45) is 0.0647. The average molecular weight is 387 g/mol. The molecule has 1 N–H and O–H groups in total. The molecule has 0 fully saturated rings. The fourth-order valence-corrected chi connectivity index (χ4v) is 3.10. The number of rotatable bonds is 5. The van der Waals surface area contributed by atoms with Crippen molar-refractivity contribution in [2.45, 2.75) is 45.9 Å². The standard InChI is InChI=1S/C20H25N3O5/c1-20(2,3)28-19(26)22-10-9-16-15(13-22)17(18(24)25)21-23(16)11-12-27-14-7-5-4-6-8-14/h4-8H,9-13H2,1-3H3,(H,24,25). The third-order valence-corrected chi connectivity index (χ3v) is 4.30. The zero-order chi connectivity index (χ0) is 20.3. The first-order chi connectivity index (χ1) is 13.2. The monoisotopic (exact) mass is 387 g/mol. The molecule has 1 amide bonds. The molecule has 0 radical (unpaired) electrons. The van der Waals surface area contributed by atoms with Gasteiger partial charge < -0.3 is 19.5 Å². The molecule has 150 valence electrons. The second kappa shape index (κ2) is 7.92. The zero-order valence-corrected chi connectivity index (χ0v) is 16.3. The number of aromatic nitrogens is 2.